The molecule has 1 atom stereocenters. The largest absolute Gasteiger partial charge is 0.292 e. The van der Waals surface area contributed by atoms with E-state index >= 15 is 0 Å². The molecule has 1 unspecified atom stereocenters. The van der Waals surface area contributed by atoms with Crippen LogP contribution in [0.25, 0.3) is 0 Å². The Morgan fingerprint density at radius 3 is 2.76 bits per heavy atom. The third-order valence-electron chi connectivity index (χ3n) is 5.50. The number of rotatable bonds is 4. The standard InChI is InChI=1S/C20H23FN4O3S/c1-13-16-11-18(26)24(12-14-6-5-7-15(21)10-14)20(16)23-19(22-13)17-8-3-4-9-25(17)29(2,27)28/h5-7,10,17H,3-4,8-9,11-12H2,1-2H3. The average molecular weight is 418 g/mol. The van der Waals surface area contributed by atoms with Crippen LogP contribution in [0.15, 0.2) is 24.3 Å². The zero-order chi connectivity index (χ0) is 20.8. The molecule has 2 aromatic rings. The van der Waals surface area contributed by atoms with Crippen molar-refractivity contribution in [1.82, 2.24) is 14.3 Å². The fourth-order valence-electron chi connectivity index (χ4n) is 4.09. The van der Waals surface area contributed by atoms with Gasteiger partial charge in [-0.05, 0) is 37.5 Å². The van der Waals surface area contributed by atoms with Gasteiger partial charge in [-0.25, -0.2) is 22.8 Å². The quantitative estimate of drug-likeness (QED) is 0.762. The van der Waals surface area contributed by atoms with Crippen LogP contribution >= 0.6 is 0 Å². The highest BCUT2D eigenvalue weighted by atomic mass is 32.2. The van der Waals surface area contributed by atoms with Crippen LogP contribution in [0.4, 0.5) is 10.2 Å². The molecular formula is C20H23FN4O3S. The van der Waals surface area contributed by atoms with Gasteiger partial charge in [0.1, 0.15) is 17.5 Å². The number of anilines is 1. The van der Waals surface area contributed by atoms with Crippen LogP contribution in [0.5, 0.6) is 0 Å². The summed E-state index contributed by atoms with van der Waals surface area (Å²) in [6, 6.07) is 5.68. The van der Waals surface area contributed by atoms with E-state index in [1.807, 2.05) is 6.92 Å². The molecule has 2 aliphatic rings. The monoisotopic (exact) mass is 418 g/mol. The maximum atomic E-state index is 13.6. The number of hydrogen-bond acceptors (Lipinski definition) is 5. The van der Waals surface area contributed by atoms with Crippen LogP contribution in [-0.2, 0) is 27.8 Å². The molecule has 9 heteroatoms. The molecule has 1 aromatic heterocycles. The molecule has 1 aromatic carbocycles. The van der Waals surface area contributed by atoms with Gasteiger partial charge < -0.3 is 0 Å². The minimum absolute atomic E-state index is 0.123. The molecule has 0 saturated carbocycles. The lowest BCUT2D eigenvalue weighted by Crippen LogP contribution is -2.38. The van der Waals surface area contributed by atoms with E-state index in [2.05, 4.69) is 9.97 Å². The Bertz CT molecular complexity index is 1070. The molecular weight excluding hydrogens is 395 g/mol. The third-order valence-corrected chi connectivity index (χ3v) is 6.79. The van der Waals surface area contributed by atoms with Crippen LogP contribution in [0.2, 0.25) is 0 Å². The van der Waals surface area contributed by atoms with Crippen molar-refractivity contribution in [3.8, 4) is 0 Å². The molecule has 0 bridgehead atoms. The summed E-state index contributed by atoms with van der Waals surface area (Å²) in [7, 11) is -3.40. The van der Waals surface area contributed by atoms with Crippen molar-refractivity contribution in [3.05, 3.63) is 52.7 Å². The lowest BCUT2D eigenvalue weighted by atomic mass is 10.0. The van der Waals surface area contributed by atoms with Crippen molar-refractivity contribution in [1.29, 1.82) is 0 Å². The van der Waals surface area contributed by atoms with Gasteiger partial charge in [0.25, 0.3) is 0 Å². The summed E-state index contributed by atoms with van der Waals surface area (Å²) in [5.74, 6) is 0.438. The van der Waals surface area contributed by atoms with Crippen molar-refractivity contribution in [3.63, 3.8) is 0 Å². The summed E-state index contributed by atoms with van der Waals surface area (Å²) in [5, 5.41) is 0. The number of aromatic nitrogens is 2. The maximum Gasteiger partial charge on any atom is 0.233 e. The number of carbonyl (C=O) groups is 1. The molecule has 0 aliphatic carbocycles. The van der Waals surface area contributed by atoms with Crippen molar-refractivity contribution in [2.75, 3.05) is 17.7 Å². The summed E-state index contributed by atoms with van der Waals surface area (Å²) in [5.41, 5.74) is 2.09. The summed E-state index contributed by atoms with van der Waals surface area (Å²) < 4.78 is 39.5. The van der Waals surface area contributed by atoms with E-state index in [4.69, 9.17) is 0 Å². The summed E-state index contributed by atoms with van der Waals surface area (Å²) in [4.78, 5) is 23.4. The van der Waals surface area contributed by atoms with Gasteiger partial charge in [-0.2, -0.15) is 4.31 Å². The first-order valence-corrected chi connectivity index (χ1v) is 11.5. The lowest BCUT2D eigenvalue weighted by molar-refractivity contribution is -0.117. The number of piperidine rings is 1. The number of sulfonamides is 1. The number of hydrogen-bond donors (Lipinski definition) is 0. The third kappa shape index (κ3) is 3.89. The van der Waals surface area contributed by atoms with Crippen molar-refractivity contribution < 1.29 is 17.6 Å². The van der Waals surface area contributed by atoms with Gasteiger partial charge in [-0.3, -0.25) is 9.69 Å². The molecule has 29 heavy (non-hydrogen) atoms. The Kier molecular flexibility index (Phi) is 5.12. The molecule has 154 valence electrons. The van der Waals surface area contributed by atoms with Crippen molar-refractivity contribution in [2.24, 2.45) is 0 Å². The molecule has 0 spiro atoms. The molecule has 3 heterocycles. The van der Waals surface area contributed by atoms with Gasteiger partial charge in [-0.15, -0.1) is 0 Å². The van der Waals surface area contributed by atoms with Crippen LogP contribution < -0.4 is 4.90 Å². The first-order chi connectivity index (χ1) is 13.7. The summed E-state index contributed by atoms with van der Waals surface area (Å²) in [6.45, 7) is 2.46. The Morgan fingerprint density at radius 1 is 1.24 bits per heavy atom. The first kappa shape index (κ1) is 19.9. The van der Waals surface area contributed by atoms with E-state index in [1.54, 1.807) is 12.1 Å². The molecule has 0 N–H and O–H groups in total. The van der Waals surface area contributed by atoms with E-state index in [-0.39, 0.29) is 24.7 Å². The van der Waals surface area contributed by atoms with Gasteiger partial charge in [0.15, 0.2) is 0 Å². The molecule has 7 nitrogen and oxygen atoms in total. The molecule has 0 radical (unpaired) electrons. The topological polar surface area (TPSA) is 83.5 Å². The number of nitrogens with zero attached hydrogens (tertiary/aromatic N) is 4. The van der Waals surface area contributed by atoms with Gasteiger partial charge in [0.2, 0.25) is 15.9 Å². The van der Waals surface area contributed by atoms with Crippen LogP contribution in [0.3, 0.4) is 0 Å². The second-order valence-corrected chi connectivity index (χ2v) is 9.58. The number of fused-ring (bicyclic) bond motifs is 1. The number of aryl methyl sites for hydroxylation is 1. The second kappa shape index (κ2) is 7.46. The minimum atomic E-state index is -3.40. The number of carbonyl (C=O) groups excluding carboxylic acids is 1. The predicted octanol–water partition coefficient (Wildman–Crippen LogP) is 2.50. The van der Waals surface area contributed by atoms with Crippen molar-refractivity contribution in [2.45, 2.75) is 45.2 Å². The zero-order valence-electron chi connectivity index (χ0n) is 16.4. The molecule has 1 amide bonds. The van der Waals surface area contributed by atoms with Gasteiger partial charge in [-0.1, -0.05) is 18.6 Å². The fraction of sp³-hybridized carbons (Fsp3) is 0.450. The fourth-order valence-corrected chi connectivity index (χ4v) is 5.21. The summed E-state index contributed by atoms with van der Waals surface area (Å²) >= 11 is 0. The van der Waals surface area contributed by atoms with E-state index in [0.717, 1.165) is 18.4 Å². The Balaban J connectivity index is 1.72. The molecule has 1 saturated heterocycles. The van der Waals surface area contributed by atoms with E-state index in [0.29, 0.717) is 35.9 Å². The number of halogens is 1. The molecule has 2 aliphatic heterocycles. The van der Waals surface area contributed by atoms with E-state index in [1.165, 1.54) is 27.6 Å². The summed E-state index contributed by atoms with van der Waals surface area (Å²) in [6.07, 6.45) is 3.73. The lowest BCUT2D eigenvalue weighted by Gasteiger charge is -2.33. The Hall–Kier alpha value is -2.39. The van der Waals surface area contributed by atoms with Gasteiger partial charge in [0.05, 0.1) is 25.3 Å². The smallest absolute Gasteiger partial charge is 0.233 e. The highest BCUT2D eigenvalue weighted by Crippen LogP contribution is 2.35. The average Bonchev–Trinajstić information content (AvgIpc) is 2.97. The Labute approximate surface area is 169 Å². The highest BCUT2D eigenvalue weighted by Gasteiger charge is 2.36. The van der Waals surface area contributed by atoms with Crippen LogP contribution in [0, 0.1) is 12.7 Å². The van der Waals surface area contributed by atoms with E-state index < -0.39 is 16.1 Å². The second-order valence-electron chi connectivity index (χ2n) is 7.64. The van der Waals surface area contributed by atoms with Gasteiger partial charge in [0, 0.05) is 17.8 Å². The maximum absolute atomic E-state index is 13.6. The minimum Gasteiger partial charge on any atom is -0.292 e. The SMILES string of the molecule is Cc1nc(C2CCCCN2S(C)(=O)=O)nc2c1CC(=O)N2Cc1cccc(F)c1. The van der Waals surface area contributed by atoms with Gasteiger partial charge >= 0.3 is 0 Å². The number of amides is 1. The zero-order valence-corrected chi connectivity index (χ0v) is 17.2. The predicted molar refractivity (Wildman–Crippen MR) is 106 cm³/mol. The number of benzene rings is 1. The van der Waals surface area contributed by atoms with Crippen LogP contribution in [0.1, 0.15) is 47.9 Å². The van der Waals surface area contributed by atoms with Crippen LogP contribution in [-0.4, -0.2) is 41.4 Å². The molecule has 1 fully saturated rings. The van der Waals surface area contributed by atoms with E-state index in [9.17, 15) is 17.6 Å². The van der Waals surface area contributed by atoms with Crippen molar-refractivity contribution >= 4 is 21.7 Å². The molecule has 4 rings (SSSR count). The normalized spacial score (nSPS) is 20.2. The highest BCUT2D eigenvalue weighted by molar-refractivity contribution is 7.88. The first-order valence-electron chi connectivity index (χ1n) is 9.63. The Morgan fingerprint density at radius 2 is 2.03 bits per heavy atom.